The number of rotatable bonds is 4. The van der Waals surface area contributed by atoms with E-state index >= 15 is 0 Å². The third kappa shape index (κ3) is 3.15. The lowest BCUT2D eigenvalue weighted by atomic mass is 10.1. The average Bonchev–Trinajstić information content (AvgIpc) is 2.68. The number of likely N-dealkylation sites (N-methyl/N-ethyl adjacent to an activating group) is 1. The first-order chi connectivity index (χ1) is 9.72. The highest BCUT2D eigenvalue weighted by Crippen LogP contribution is 2.28. The van der Waals surface area contributed by atoms with Gasteiger partial charge in [-0.3, -0.25) is 4.90 Å². The first-order valence-corrected chi connectivity index (χ1v) is 8.01. The van der Waals surface area contributed by atoms with Crippen molar-refractivity contribution in [1.29, 1.82) is 0 Å². The second-order valence-electron chi connectivity index (χ2n) is 6.48. The summed E-state index contributed by atoms with van der Waals surface area (Å²) in [5.41, 5.74) is 8.00. The van der Waals surface area contributed by atoms with E-state index in [-0.39, 0.29) is 0 Å². The van der Waals surface area contributed by atoms with Gasteiger partial charge in [-0.15, -0.1) is 0 Å². The van der Waals surface area contributed by atoms with Crippen molar-refractivity contribution in [2.75, 3.05) is 32.4 Å². The van der Waals surface area contributed by atoms with Crippen LogP contribution in [-0.2, 0) is 6.42 Å². The summed E-state index contributed by atoms with van der Waals surface area (Å²) in [6, 6.07) is 9.99. The van der Waals surface area contributed by atoms with Crippen molar-refractivity contribution in [3.63, 3.8) is 0 Å². The largest absolute Gasteiger partial charge is 0.399 e. The van der Waals surface area contributed by atoms with Gasteiger partial charge >= 0.3 is 0 Å². The normalized spacial score (nSPS) is 27.6. The van der Waals surface area contributed by atoms with Gasteiger partial charge < -0.3 is 10.6 Å². The van der Waals surface area contributed by atoms with E-state index in [0.29, 0.717) is 0 Å². The Bertz CT molecular complexity index is 428. The lowest BCUT2D eigenvalue weighted by Gasteiger charge is -2.25. The summed E-state index contributed by atoms with van der Waals surface area (Å²) in [6.45, 7) is 3.80. The van der Waals surface area contributed by atoms with E-state index in [0.717, 1.165) is 17.8 Å². The molecule has 1 aromatic rings. The van der Waals surface area contributed by atoms with Gasteiger partial charge in [-0.25, -0.2) is 0 Å². The summed E-state index contributed by atoms with van der Waals surface area (Å²) in [7, 11) is 2.32. The molecule has 2 atom stereocenters. The Kier molecular flexibility index (Phi) is 4.27. The quantitative estimate of drug-likeness (QED) is 0.855. The van der Waals surface area contributed by atoms with Crippen molar-refractivity contribution in [3.05, 3.63) is 29.8 Å². The third-order valence-corrected chi connectivity index (χ3v) is 5.15. The Morgan fingerprint density at radius 1 is 1.10 bits per heavy atom. The zero-order chi connectivity index (χ0) is 13.9. The molecule has 0 radical (unpaired) electrons. The smallest absolute Gasteiger partial charge is 0.0314 e. The molecule has 0 aromatic heterocycles. The standard InChI is InChI=1S/C17H27N3/c1-19-16-8-9-17(19)13-20(12-10-16)11-2-3-14-4-6-15(18)7-5-14/h4-7,16-17H,2-3,8-13,18H2,1H3. The predicted molar refractivity (Wildman–Crippen MR) is 84.8 cm³/mol. The summed E-state index contributed by atoms with van der Waals surface area (Å²) in [5.74, 6) is 0. The molecule has 2 saturated heterocycles. The molecule has 3 nitrogen and oxygen atoms in total. The van der Waals surface area contributed by atoms with E-state index in [1.807, 2.05) is 12.1 Å². The summed E-state index contributed by atoms with van der Waals surface area (Å²) >= 11 is 0. The van der Waals surface area contributed by atoms with Gasteiger partial charge in [0.05, 0.1) is 0 Å². The first kappa shape index (κ1) is 13.9. The van der Waals surface area contributed by atoms with Gasteiger partial charge in [0, 0.05) is 24.3 Å². The molecular weight excluding hydrogens is 246 g/mol. The fourth-order valence-corrected chi connectivity index (χ4v) is 3.77. The number of nitrogens with zero attached hydrogens (tertiary/aromatic N) is 2. The highest BCUT2D eigenvalue weighted by molar-refractivity contribution is 5.39. The van der Waals surface area contributed by atoms with E-state index in [1.54, 1.807) is 0 Å². The van der Waals surface area contributed by atoms with E-state index in [4.69, 9.17) is 5.73 Å². The van der Waals surface area contributed by atoms with Crippen LogP contribution in [0.15, 0.2) is 24.3 Å². The average molecular weight is 273 g/mol. The highest BCUT2D eigenvalue weighted by Gasteiger charge is 2.34. The van der Waals surface area contributed by atoms with E-state index in [1.165, 1.54) is 57.3 Å². The maximum absolute atomic E-state index is 5.72. The molecule has 0 aliphatic carbocycles. The fourth-order valence-electron chi connectivity index (χ4n) is 3.77. The second kappa shape index (κ2) is 6.15. The predicted octanol–water partition coefficient (Wildman–Crippen LogP) is 2.37. The minimum Gasteiger partial charge on any atom is -0.399 e. The van der Waals surface area contributed by atoms with Crippen LogP contribution in [0.25, 0.3) is 0 Å². The number of nitrogens with two attached hydrogens (primary N) is 1. The molecule has 0 spiro atoms. The second-order valence-corrected chi connectivity index (χ2v) is 6.48. The van der Waals surface area contributed by atoms with Crippen LogP contribution in [0.2, 0.25) is 0 Å². The minimum atomic E-state index is 0.805. The Morgan fingerprint density at radius 2 is 1.85 bits per heavy atom. The molecule has 2 aliphatic rings. The topological polar surface area (TPSA) is 32.5 Å². The van der Waals surface area contributed by atoms with Gasteiger partial charge in [-0.1, -0.05) is 12.1 Å². The molecule has 20 heavy (non-hydrogen) atoms. The van der Waals surface area contributed by atoms with Crippen LogP contribution in [0.5, 0.6) is 0 Å². The van der Waals surface area contributed by atoms with E-state index < -0.39 is 0 Å². The molecule has 110 valence electrons. The molecule has 3 rings (SSSR count). The zero-order valence-electron chi connectivity index (χ0n) is 12.6. The van der Waals surface area contributed by atoms with Gasteiger partial charge in [-0.05, 0) is 69.9 Å². The number of hydrogen-bond acceptors (Lipinski definition) is 3. The number of nitrogen functional groups attached to an aromatic ring is 1. The monoisotopic (exact) mass is 273 g/mol. The van der Waals surface area contributed by atoms with Gasteiger partial charge in [0.15, 0.2) is 0 Å². The van der Waals surface area contributed by atoms with E-state index in [2.05, 4.69) is 29.0 Å². The van der Waals surface area contributed by atoms with Crippen molar-refractivity contribution < 1.29 is 0 Å². The molecule has 2 bridgehead atoms. The number of likely N-dealkylation sites (tertiary alicyclic amines) is 1. The van der Waals surface area contributed by atoms with Crippen LogP contribution < -0.4 is 5.73 Å². The molecule has 2 N–H and O–H groups in total. The van der Waals surface area contributed by atoms with Crippen LogP contribution in [0.3, 0.4) is 0 Å². The molecule has 3 heteroatoms. The summed E-state index contributed by atoms with van der Waals surface area (Å²) in [5, 5.41) is 0. The van der Waals surface area contributed by atoms with Crippen LogP contribution >= 0.6 is 0 Å². The van der Waals surface area contributed by atoms with Gasteiger partial charge in [0.2, 0.25) is 0 Å². The maximum Gasteiger partial charge on any atom is 0.0314 e. The molecule has 0 amide bonds. The van der Waals surface area contributed by atoms with Crippen LogP contribution in [0.1, 0.15) is 31.2 Å². The van der Waals surface area contributed by atoms with Crippen molar-refractivity contribution in [1.82, 2.24) is 9.80 Å². The zero-order valence-corrected chi connectivity index (χ0v) is 12.6. The lowest BCUT2D eigenvalue weighted by Crippen LogP contribution is -2.37. The Balaban J connectivity index is 1.46. The van der Waals surface area contributed by atoms with Crippen molar-refractivity contribution in [2.24, 2.45) is 0 Å². The molecular formula is C17H27N3. The molecule has 2 aliphatic heterocycles. The summed E-state index contributed by atoms with van der Waals surface area (Å²) in [6.07, 6.45) is 6.59. The summed E-state index contributed by atoms with van der Waals surface area (Å²) in [4.78, 5) is 5.30. The summed E-state index contributed by atoms with van der Waals surface area (Å²) < 4.78 is 0. The van der Waals surface area contributed by atoms with Gasteiger partial charge in [0.1, 0.15) is 0 Å². The van der Waals surface area contributed by atoms with Crippen LogP contribution in [0.4, 0.5) is 5.69 Å². The van der Waals surface area contributed by atoms with Crippen LogP contribution in [0, 0.1) is 0 Å². The number of fused-ring (bicyclic) bond motifs is 2. The van der Waals surface area contributed by atoms with Gasteiger partial charge in [0.25, 0.3) is 0 Å². The molecule has 0 saturated carbocycles. The molecule has 2 unspecified atom stereocenters. The van der Waals surface area contributed by atoms with Gasteiger partial charge in [-0.2, -0.15) is 0 Å². The Labute approximate surface area is 122 Å². The van der Waals surface area contributed by atoms with Crippen LogP contribution in [-0.4, -0.2) is 48.6 Å². The molecule has 2 heterocycles. The minimum absolute atomic E-state index is 0.805. The Morgan fingerprint density at radius 3 is 2.65 bits per heavy atom. The lowest BCUT2D eigenvalue weighted by molar-refractivity contribution is 0.218. The molecule has 2 fully saturated rings. The number of hydrogen-bond donors (Lipinski definition) is 1. The third-order valence-electron chi connectivity index (χ3n) is 5.15. The van der Waals surface area contributed by atoms with Crippen molar-refractivity contribution >= 4 is 5.69 Å². The SMILES string of the molecule is CN1C2CCC1CN(CCCc1ccc(N)cc1)CC2. The van der Waals surface area contributed by atoms with Crippen molar-refractivity contribution in [3.8, 4) is 0 Å². The first-order valence-electron chi connectivity index (χ1n) is 8.01. The number of anilines is 1. The highest BCUT2D eigenvalue weighted by atomic mass is 15.3. The fraction of sp³-hybridized carbons (Fsp3) is 0.647. The number of aryl methyl sites for hydroxylation is 1. The Hall–Kier alpha value is -1.06. The van der Waals surface area contributed by atoms with Crippen molar-refractivity contribution in [2.45, 2.75) is 44.2 Å². The maximum atomic E-state index is 5.72. The van der Waals surface area contributed by atoms with E-state index in [9.17, 15) is 0 Å². The number of benzene rings is 1. The molecule has 1 aromatic carbocycles.